The highest BCUT2D eigenvalue weighted by molar-refractivity contribution is 5.79. The van der Waals surface area contributed by atoms with E-state index in [0.717, 1.165) is 35.6 Å². The Morgan fingerprint density at radius 1 is 1.10 bits per heavy atom. The lowest BCUT2D eigenvalue weighted by Gasteiger charge is -2.17. The first-order valence-electron chi connectivity index (χ1n) is 10.5. The molecule has 1 N–H and O–H groups in total. The number of hydrogen-bond acceptors (Lipinski definition) is 3. The monoisotopic (exact) mass is 388 g/mol. The highest BCUT2D eigenvalue weighted by atomic mass is 16.1. The van der Waals surface area contributed by atoms with Gasteiger partial charge >= 0.3 is 0 Å². The van der Waals surface area contributed by atoms with Crippen molar-refractivity contribution in [2.45, 2.75) is 51.0 Å². The van der Waals surface area contributed by atoms with E-state index in [2.05, 4.69) is 71.1 Å². The van der Waals surface area contributed by atoms with Crippen LogP contribution in [0.2, 0.25) is 0 Å². The van der Waals surface area contributed by atoms with Crippen molar-refractivity contribution in [3.05, 3.63) is 82.7 Å². The van der Waals surface area contributed by atoms with Crippen molar-refractivity contribution in [3.8, 4) is 0 Å². The Hall–Kier alpha value is -2.95. The summed E-state index contributed by atoms with van der Waals surface area (Å²) in [6, 6.07) is 16.6. The van der Waals surface area contributed by atoms with E-state index in [1.165, 1.54) is 24.0 Å². The number of carbonyl (C=O) groups is 1. The molecule has 1 aliphatic rings. The molecule has 3 aromatic rings. The van der Waals surface area contributed by atoms with Crippen LogP contribution in [-0.4, -0.2) is 20.9 Å². The maximum Gasteiger partial charge on any atom is 0.225 e. The number of rotatable bonds is 8. The van der Waals surface area contributed by atoms with Crippen molar-refractivity contribution in [2.24, 2.45) is 7.05 Å². The van der Waals surface area contributed by atoms with Gasteiger partial charge in [-0.3, -0.25) is 9.48 Å². The van der Waals surface area contributed by atoms with Gasteiger partial charge in [0, 0.05) is 7.05 Å². The van der Waals surface area contributed by atoms with E-state index in [4.69, 9.17) is 0 Å². The van der Waals surface area contributed by atoms with E-state index in [0.29, 0.717) is 6.42 Å². The van der Waals surface area contributed by atoms with Crippen LogP contribution < -0.4 is 5.32 Å². The predicted molar refractivity (Wildman–Crippen MR) is 114 cm³/mol. The van der Waals surface area contributed by atoms with Gasteiger partial charge in [-0.2, -0.15) is 0 Å². The number of carbonyl (C=O) groups excluding carboxylic acids is 1. The summed E-state index contributed by atoms with van der Waals surface area (Å²) in [6.45, 7) is 2.17. The zero-order chi connectivity index (χ0) is 20.2. The van der Waals surface area contributed by atoms with Crippen molar-refractivity contribution in [1.29, 1.82) is 0 Å². The largest absolute Gasteiger partial charge is 0.343 e. The first-order chi connectivity index (χ1) is 14.1. The van der Waals surface area contributed by atoms with Crippen LogP contribution in [-0.2, 0) is 24.7 Å². The molecule has 0 radical (unpaired) electrons. The van der Waals surface area contributed by atoms with Gasteiger partial charge in [0.15, 0.2) is 0 Å². The molecule has 29 heavy (non-hydrogen) atoms. The van der Waals surface area contributed by atoms with E-state index >= 15 is 0 Å². The number of aromatic nitrogens is 3. The molecule has 0 spiro atoms. The number of amides is 1. The second-order valence-corrected chi connectivity index (χ2v) is 8.00. The molecule has 0 saturated heterocycles. The molecule has 1 fully saturated rings. The fourth-order valence-corrected chi connectivity index (χ4v) is 3.71. The lowest BCUT2D eigenvalue weighted by atomic mass is 10.00. The molecule has 0 unspecified atom stereocenters. The summed E-state index contributed by atoms with van der Waals surface area (Å²) in [4.78, 5) is 12.8. The van der Waals surface area contributed by atoms with Crippen molar-refractivity contribution in [2.75, 3.05) is 0 Å². The quantitative estimate of drug-likeness (QED) is 0.632. The average Bonchev–Trinajstić information content (AvgIpc) is 3.48. The summed E-state index contributed by atoms with van der Waals surface area (Å²) in [6.07, 6.45) is 6.96. The van der Waals surface area contributed by atoms with E-state index in [1.807, 2.05) is 13.2 Å². The highest BCUT2D eigenvalue weighted by Gasteiger charge is 2.23. The Bertz CT molecular complexity index is 955. The smallest absolute Gasteiger partial charge is 0.225 e. The third-order valence-corrected chi connectivity index (χ3v) is 5.47. The van der Waals surface area contributed by atoms with Crippen molar-refractivity contribution in [3.63, 3.8) is 0 Å². The summed E-state index contributed by atoms with van der Waals surface area (Å²) in [7, 11) is 1.83. The minimum atomic E-state index is -0.308. The number of benzene rings is 2. The second-order valence-electron chi connectivity index (χ2n) is 8.00. The fraction of sp³-hybridized carbons (Fsp3) is 0.375. The van der Waals surface area contributed by atoms with Gasteiger partial charge in [0.05, 0.1) is 18.7 Å². The van der Waals surface area contributed by atoms with Crippen LogP contribution in [0.25, 0.3) is 0 Å². The van der Waals surface area contributed by atoms with E-state index in [-0.39, 0.29) is 11.9 Å². The molecule has 1 amide bonds. The molecule has 1 saturated carbocycles. The second kappa shape index (κ2) is 8.60. The standard InChI is InChI=1S/C24H28N4O/c1-3-4-17-5-11-21(12-6-17)24(22-16-28(2)27-26-22)25-23(29)15-18-7-9-19(10-8-18)20-13-14-20/h5-12,16,20,24H,3-4,13-15H2,1-2H3,(H,25,29)/t24-/m0/s1. The van der Waals surface area contributed by atoms with Gasteiger partial charge in [0.25, 0.3) is 0 Å². The van der Waals surface area contributed by atoms with Crippen LogP contribution in [0.3, 0.4) is 0 Å². The SMILES string of the molecule is CCCc1ccc([C@H](NC(=O)Cc2ccc(C3CC3)cc2)c2cn(C)nn2)cc1. The van der Waals surface area contributed by atoms with Gasteiger partial charge in [-0.15, -0.1) is 5.10 Å². The molecular weight excluding hydrogens is 360 g/mol. The molecule has 2 aromatic carbocycles. The zero-order valence-corrected chi connectivity index (χ0v) is 17.1. The minimum Gasteiger partial charge on any atom is -0.343 e. The molecule has 4 rings (SSSR count). The van der Waals surface area contributed by atoms with Crippen molar-refractivity contribution >= 4 is 5.91 Å². The average molecular weight is 389 g/mol. The predicted octanol–water partition coefficient (Wildman–Crippen LogP) is 4.09. The molecule has 5 heteroatoms. The van der Waals surface area contributed by atoms with Crippen molar-refractivity contribution < 1.29 is 4.79 Å². The summed E-state index contributed by atoms with van der Waals surface area (Å²) in [5.74, 6) is 0.715. The van der Waals surface area contributed by atoms with E-state index in [1.54, 1.807) is 4.68 Å². The number of nitrogens with one attached hydrogen (secondary N) is 1. The van der Waals surface area contributed by atoms with Crippen LogP contribution >= 0.6 is 0 Å². The third-order valence-electron chi connectivity index (χ3n) is 5.47. The maximum absolute atomic E-state index is 12.8. The Morgan fingerprint density at radius 3 is 2.38 bits per heavy atom. The van der Waals surface area contributed by atoms with E-state index < -0.39 is 0 Å². The molecule has 1 aromatic heterocycles. The van der Waals surface area contributed by atoms with Gasteiger partial charge < -0.3 is 5.32 Å². The molecule has 150 valence electrons. The number of aryl methyl sites for hydroxylation is 2. The van der Waals surface area contributed by atoms with Crippen LogP contribution in [0, 0.1) is 0 Å². The summed E-state index contributed by atoms with van der Waals surface area (Å²) in [5, 5.41) is 11.5. The van der Waals surface area contributed by atoms with Crippen LogP contribution in [0.5, 0.6) is 0 Å². The molecule has 1 aliphatic carbocycles. The molecule has 0 bridgehead atoms. The maximum atomic E-state index is 12.8. The summed E-state index contributed by atoms with van der Waals surface area (Å²) >= 11 is 0. The molecule has 0 aliphatic heterocycles. The van der Waals surface area contributed by atoms with Gasteiger partial charge in [0.2, 0.25) is 5.91 Å². The highest BCUT2D eigenvalue weighted by Crippen LogP contribution is 2.39. The normalized spacial score (nSPS) is 14.6. The Balaban J connectivity index is 1.49. The lowest BCUT2D eigenvalue weighted by Crippen LogP contribution is -2.31. The van der Waals surface area contributed by atoms with Gasteiger partial charge in [-0.05, 0) is 47.4 Å². The Labute approximate surface area is 172 Å². The summed E-state index contributed by atoms with van der Waals surface area (Å²) < 4.78 is 1.66. The molecule has 1 atom stereocenters. The Morgan fingerprint density at radius 2 is 1.79 bits per heavy atom. The summed E-state index contributed by atoms with van der Waals surface area (Å²) in [5.41, 5.74) is 5.48. The van der Waals surface area contributed by atoms with Gasteiger partial charge in [-0.25, -0.2) is 0 Å². The number of nitrogens with zero attached hydrogens (tertiary/aromatic N) is 3. The van der Waals surface area contributed by atoms with Crippen LogP contribution in [0.4, 0.5) is 0 Å². The zero-order valence-electron chi connectivity index (χ0n) is 17.1. The Kier molecular flexibility index (Phi) is 5.74. The molecule has 5 nitrogen and oxygen atoms in total. The lowest BCUT2D eigenvalue weighted by molar-refractivity contribution is -0.121. The molecule has 1 heterocycles. The van der Waals surface area contributed by atoms with E-state index in [9.17, 15) is 4.79 Å². The molecular formula is C24H28N4O. The topological polar surface area (TPSA) is 59.8 Å². The first kappa shape index (κ1) is 19.4. The number of hydrogen-bond donors (Lipinski definition) is 1. The van der Waals surface area contributed by atoms with Gasteiger partial charge in [-0.1, -0.05) is 67.1 Å². The van der Waals surface area contributed by atoms with Crippen molar-refractivity contribution in [1.82, 2.24) is 20.3 Å². The third kappa shape index (κ3) is 4.91. The van der Waals surface area contributed by atoms with Crippen LogP contribution in [0.1, 0.15) is 66.1 Å². The minimum absolute atomic E-state index is 0.0162. The van der Waals surface area contributed by atoms with Crippen LogP contribution in [0.15, 0.2) is 54.7 Å². The fourth-order valence-electron chi connectivity index (χ4n) is 3.71. The van der Waals surface area contributed by atoms with Gasteiger partial charge in [0.1, 0.15) is 5.69 Å². The first-order valence-corrected chi connectivity index (χ1v) is 10.5.